The Morgan fingerprint density at radius 1 is 1.29 bits per heavy atom. The lowest BCUT2D eigenvalue weighted by atomic mass is 10.1. The Hall–Kier alpha value is -2.56. The standard InChI is InChI=1S/C16H17FN2O2/c1-10(12-5-3-4-6-13(12)17)19-15-8-7-11(9-14(15)18)16(20)21-2/h3-10,19H,18H2,1-2H3. The van der Waals surface area contributed by atoms with Crippen LogP contribution >= 0.6 is 0 Å². The second kappa shape index (κ2) is 6.26. The summed E-state index contributed by atoms with van der Waals surface area (Å²) in [6, 6.07) is 11.1. The van der Waals surface area contributed by atoms with E-state index in [1.54, 1.807) is 30.3 Å². The summed E-state index contributed by atoms with van der Waals surface area (Å²) >= 11 is 0. The van der Waals surface area contributed by atoms with Crippen molar-refractivity contribution in [2.24, 2.45) is 0 Å². The van der Waals surface area contributed by atoms with E-state index in [9.17, 15) is 9.18 Å². The Balaban J connectivity index is 2.20. The summed E-state index contributed by atoms with van der Waals surface area (Å²) in [4.78, 5) is 11.4. The maximum Gasteiger partial charge on any atom is 0.337 e. The van der Waals surface area contributed by atoms with E-state index in [0.717, 1.165) is 0 Å². The molecule has 2 rings (SSSR count). The van der Waals surface area contributed by atoms with Crippen molar-refractivity contribution in [3.05, 3.63) is 59.4 Å². The number of carbonyl (C=O) groups excluding carboxylic acids is 1. The number of halogens is 1. The number of anilines is 2. The number of nitrogens with two attached hydrogens (primary N) is 1. The van der Waals surface area contributed by atoms with E-state index < -0.39 is 5.97 Å². The van der Waals surface area contributed by atoms with Crippen LogP contribution in [0.25, 0.3) is 0 Å². The molecule has 0 saturated carbocycles. The Morgan fingerprint density at radius 3 is 2.62 bits per heavy atom. The SMILES string of the molecule is COC(=O)c1ccc(NC(C)c2ccccc2F)c(N)c1. The zero-order valence-electron chi connectivity index (χ0n) is 11.9. The van der Waals surface area contributed by atoms with E-state index in [0.29, 0.717) is 22.5 Å². The number of methoxy groups -OCH3 is 1. The van der Waals surface area contributed by atoms with E-state index in [-0.39, 0.29) is 11.9 Å². The second-order valence-corrected chi connectivity index (χ2v) is 4.68. The van der Waals surface area contributed by atoms with Crippen molar-refractivity contribution in [2.45, 2.75) is 13.0 Å². The molecular formula is C16H17FN2O2. The van der Waals surface area contributed by atoms with Crippen molar-refractivity contribution in [1.29, 1.82) is 0 Å². The number of carbonyl (C=O) groups is 1. The summed E-state index contributed by atoms with van der Waals surface area (Å²) < 4.78 is 18.4. The van der Waals surface area contributed by atoms with E-state index >= 15 is 0 Å². The Kier molecular flexibility index (Phi) is 4.42. The van der Waals surface area contributed by atoms with Crippen LogP contribution in [0.2, 0.25) is 0 Å². The highest BCUT2D eigenvalue weighted by Gasteiger charge is 2.13. The van der Waals surface area contributed by atoms with Gasteiger partial charge in [0.15, 0.2) is 0 Å². The zero-order chi connectivity index (χ0) is 15.4. The second-order valence-electron chi connectivity index (χ2n) is 4.68. The predicted molar refractivity (Wildman–Crippen MR) is 80.6 cm³/mol. The molecule has 1 atom stereocenters. The Labute approximate surface area is 122 Å². The number of ether oxygens (including phenoxy) is 1. The molecule has 110 valence electrons. The summed E-state index contributed by atoms with van der Waals surface area (Å²) in [5.41, 5.74) is 7.88. The topological polar surface area (TPSA) is 64.3 Å². The molecule has 3 N–H and O–H groups in total. The third kappa shape index (κ3) is 3.31. The van der Waals surface area contributed by atoms with Crippen LogP contribution in [0.15, 0.2) is 42.5 Å². The monoisotopic (exact) mass is 288 g/mol. The van der Waals surface area contributed by atoms with Gasteiger partial charge in [0.25, 0.3) is 0 Å². The summed E-state index contributed by atoms with van der Waals surface area (Å²) in [5, 5.41) is 3.13. The van der Waals surface area contributed by atoms with Crippen LogP contribution in [0, 0.1) is 5.82 Å². The molecule has 0 saturated heterocycles. The number of hydrogen-bond donors (Lipinski definition) is 2. The van der Waals surface area contributed by atoms with Gasteiger partial charge in [-0.15, -0.1) is 0 Å². The number of rotatable bonds is 4. The average molecular weight is 288 g/mol. The lowest BCUT2D eigenvalue weighted by molar-refractivity contribution is 0.0601. The molecule has 0 aliphatic carbocycles. The first-order chi connectivity index (χ1) is 10.0. The van der Waals surface area contributed by atoms with Gasteiger partial charge in [-0.3, -0.25) is 0 Å². The predicted octanol–water partition coefficient (Wildman–Crippen LogP) is 3.37. The molecule has 0 aliphatic heterocycles. The lowest BCUT2D eigenvalue weighted by Crippen LogP contribution is -2.11. The summed E-state index contributed by atoms with van der Waals surface area (Å²) in [7, 11) is 1.31. The molecule has 0 spiro atoms. The first kappa shape index (κ1) is 14.8. The van der Waals surface area contributed by atoms with Crippen LogP contribution in [-0.2, 0) is 4.74 Å². The third-order valence-electron chi connectivity index (χ3n) is 3.22. The molecule has 0 bridgehead atoms. The molecule has 0 aliphatic rings. The zero-order valence-corrected chi connectivity index (χ0v) is 11.9. The van der Waals surface area contributed by atoms with Gasteiger partial charge in [0.2, 0.25) is 0 Å². The molecule has 0 amide bonds. The Bertz CT molecular complexity index is 658. The number of nitrogen functional groups attached to an aromatic ring is 1. The quantitative estimate of drug-likeness (QED) is 0.669. The van der Waals surface area contributed by atoms with Crippen molar-refractivity contribution in [2.75, 3.05) is 18.2 Å². The molecule has 2 aromatic rings. The Morgan fingerprint density at radius 2 is 2.00 bits per heavy atom. The van der Waals surface area contributed by atoms with Crippen LogP contribution in [0.1, 0.15) is 28.9 Å². The van der Waals surface area contributed by atoms with E-state index in [4.69, 9.17) is 5.73 Å². The fourth-order valence-corrected chi connectivity index (χ4v) is 2.08. The van der Waals surface area contributed by atoms with Crippen LogP contribution in [0.3, 0.4) is 0 Å². The van der Waals surface area contributed by atoms with Gasteiger partial charge >= 0.3 is 5.97 Å². The van der Waals surface area contributed by atoms with Gasteiger partial charge in [-0.1, -0.05) is 18.2 Å². The summed E-state index contributed by atoms with van der Waals surface area (Å²) in [5.74, 6) is -0.724. The smallest absolute Gasteiger partial charge is 0.337 e. The molecule has 0 aromatic heterocycles. The molecule has 4 nitrogen and oxygen atoms in total. The highest BCUT2D eigenvalue weighted by atomic mass is 19.1. The highest BCUT2D eigenvalue weighted by molar-refractivity contribution is 5.91. The van der Waals surface area contributed by atoms with Gasteiger partial charge in [0.05, 0.1) is 30.1 Å². The van der Waals surface area contributed by atoms with Crippen molar-refractivity contribution >= 4 is 17.3 Å². The van der Waals surface area contributed by atoms with Crippen molar-refractivity contribution < 1.29 is 13.9 Å². The fourth-order valence-electron chi connectivity index (χ4n) is 2.08. The van der Waals surface area contributed by atoms with E-state index in [2.05, 4.69) is 10.1 Å². The molecule has 0 heterocycles. The van der Waals surface area contributed by atoms with E-state index in [1.807, 2.05) is 6.92 Å². The maximum absolute atomic E-state index is 13.7. The highest BCUT2D eigenvalue weighted by Crippen LogP contribution is 2.26. The first-order valence-electron chi connectivity index (χ1n) is 6.51. The van der Waals surface area contributed by atoms with Crippen molar-refractivity contribution in [3.63, 3.8) is 0 Å². The van der Waals surface area contributed by atoms with Crippen LogP contribution in [-0.4, -0.2) is 13.1 Å². The average Bonchev–Trinajstić information content (AvgIpc) is 2.48. The third-order valence-corrected chi connectivity index (χ3v) is 3.22. The van der Waals surface area contributed by atoms with Crippen molar-refractivity contribution in [3.8, 4) is 0 Å². The molecule has 21 heavy (non-hydrogen) atoms. The molecular weight excluding hydrogens is 271 g/mol. The number of nitrogens with one attached hydrogen (secondary N) is 1. The van der Waals surface area contributed by atoms with Gasteiger partial charge < -0.3 is 15.8 Å². The minimum Gasteiger partial charge on any atom is -0.465 e. The summed E-state index contributed by atoms with van der Waals surface area (Å²) in [6.07, 6.45) is 0. The molecule has 0 radical (unpaired) electrons. The van der Waals surface area contributed by atoms with Gasteiger partial charge in [-0.25, -0.2) is 9.18 Å². The minimum atomic E-state index is -0.449. The normalized spacial score (nSPS) is 11.8. The van der Waals surface area contributed by atoms with Crippen LogP contribution in [0.4, 0.5) is 15.8 Å². The lowest BCUT2D eigenvalue weighted by Gasteiger charge is -2.18. The largest absolute Gasteiger partial charge is 0.465 e. The number of benzene rings is 2. The number of hydrogen-bond acceptors (Lipinski definition) is 4. The van der Waals surface area contributed by atoms with Gasteiger partial charge in [-0.05, 0) is 31.2 Å². The number of esters is 1. The molecule has 1 unspecified atom stereocenters. The first-order valence-corrected chi connectivity index (χ1v) is 6.51. The van der Waals surface area contributed by atoms with Crippen molar-refractivity contribution in [1.82, 2.24) is 0 Å². The van der Waals surface area contributed by atoms with Gasteiger partial charge in [0.1, 0.15) is 5.82 Å². The van der Waals surface area contributed by atoms with Crippen LogP contribution in [0.5, 0.6) is 0 Å². The fraction of sp³-hybridized carbons (Fsp3) is 0.188. The molecule has 2 aromatic carbocycles. The van der Waals surface area contributed by atoms with Crippen LogP contribution < -0.4 is 11.1 Å². The molecule has 0 fully saturated rings. The minimum absolute atomic E-state index is 0.252. The molecule has 5 heteroatoms. The van der Waals surface area contributed by atoms with Gasteiger partial charge in [0, 0.05) is 5.56 Å². The maximum atomic E-state index is 13.7. The van der Waals surface area contributed by atoms with Gasteiger partial charge in [-0.2, -0.15) is 0 Å². The summed E-state index contributed by atoms with van der Waals surface area (Å²) in [6.45, 7) is 1.84. The van der Waals surface area contributed by atoms with E-state index in [1.165, 1.54) is 19.2 Å².